The Morgan fingerprint density at radius 3 is 2.89 bits per heavy atom. The summed E-state index contributed by atoms with van der Waals surface area (Å²) in [4.78, 5) is 6.80. The molecule has 92 valence electrons. The Labute approximate surface area is 114 Å². The summed E-state index contributed by atoms with van der Waals surface area (Å²) in [7, 11) is 0. The second kappa shape index (κ2) is 5.78. The van der Waals surface area contributed by atoms with E-state index in [2.05, 4.69) is 15.0 Å². The normalized spacial score (nSPS) is 11.9. The molecule has 0 saturated carbocycles. The molecular weight excluding hydrogens is 273 g/mol. The highest BCUT2D eigenvalue weighted by atomic mass is 35.5. The fourth-order valence-corrected chi connectivity index (χ4v) is 2.16. The lowest BCUT2D eigenvalue weighted by Crippen LogP contribution is -2.05. The van der Waals surface area contributed by atoms with E-state index in [1.165, 1.54) is 0 Å². The molecule has 0 aliphatic carbocycles. The maximum absolute atomic E-state index is 8.64. The van der Waals surface area contributed by atoms with Crippen LogP contribution in [-0.4, -0.2) is 9.55 Å². The molecule has 18 heavy (non-hydrogen) atoms. The molecule has 1 atom stereocenters. The first kappa shape index (κ1) is 12.8. The van der Waals surface area contributed by atoms with Crippen LogP contribution in [0.25, 0.3) is 10.4 Å². The molecule has 0 aliphatic rings. The highest BCUT2D eigenvalue weighted by Crippen LogP contribution is 2.29. The van der Waals surface area contributed by atoms with Crippen molar-refractivity contribution in [3.63, 3.8) is 0 Å². The van der Waals surface area contributed by atoms with E-state index in [4.69, 9.17) is 28.7 Å². The minimum absolute atomic E-state index is 0.394. The van der Waals surface area contributed by atoms with Gasteiger partial charge < -0.3 is 4.57 Å². The van der Waals surface area contributed by atoms with Gasteiger partial charge in [0, 0.05) is 33.9 Å². The topological polar surface area (TPSA) is 66.6 Å². The molecule has 1 aromatic carbocycles. The van der Waals surface area contributed by atoms with E-state index in [1.807, 2.05) is 4.57 Å². The molecule has 0 N–H and O–H groups in total. The lowest BCUT2D eigenvalue weighted by molar-refractivity contribution is 0.574. The Morgan fingerprint density at radius 2 is 2.28 bits per heavy atom. The molecule has 0 radical (unpaired) electrons. The van der Waals surface area contributed by atoms with Crippen molar-refractivity contribution in [2.75, 3.05) is 0 Å². The first-order chi connectivity index (χ1) is 8.70. The number of halogens is 2. The van der Waals surface area contributed by atoms with Crippen molar-refractivity contribution in [2.45, 2.75) is 12.6 Å². The molecule has 0 bridgehead atoms. The zero-order chi connectivity index (χ0) is 13.0. The minimum Gasteiger partial charge on any atom is -0.337 e. The van der Waals surface area contributed by atoms with Gasteiger partial charge in [0.05, 0.1) is 12.4 Å². The molecule has 0 fully saturated rings. The van der Waals surface area contributed by atoms with Crippen molar-refractivity contribution >= 4 is 23.2 Å². The van der Waals surface area contributed by atoms with Crippen LogP contribution in [0.5, 0.6) is 0 Å². The SMILES string of the molecule is [N-]=[N+]=NC(Cn1ccnc1)c1ccc(Cl)cc1Cl. The van der Waals surface area contributed by atoms with Gasteiger partial charge in [-0.15, -0.1) is 0 Å². The van der Waals surface area contributed by atoms with Gasteiger partial charge in [0.25, 0.3) is 0 Å². The van der Waals surface area contributed by atoms with Crippen LogP contribution in [0.1, 0.15) is 11.6 Å². The minimum atomic E-state index is -0.394. The molecule has 0 amide bonds. The predicted molar refractivity (Wildman–Crippen MR) is 70.6 cm³/mol. The van der Waals surface area contributed by atoms with Gasteiger partial charge in [-0.1, -0.05) is 34.4 Å². The first-order valence-corrected chi connectivity index (χ1v) is 5.91. The number of azide groups is 1. The highest BCUT2D eigenvalue weighted by Gasteiger charge is 2.14. The van der Waals surface area contributed by atoms with Crippen molar-refractivity contribution in [1.29, 1.82) is 0 Å². The third-order valence-corrected chi connectivity index (χ3v) is 3.02. The zero-order valence-electron chi connectivity index (χ0n) is 9.24. The Bertz CT molecular complexity index is 575. The Balaban J connectivity index is 2.32. The van der Waals surface area contributed by atoms with E-state index in [-0.39, 0.29) is 0 Å². The summed E-state index contributed by atoms with van der Waals surface area (Å²) in [6.45, 7) is 0.478. The Kier molecular flexibility index (Phi) is 4.10. The molecular formula is C11H9Cl2N5. The number of aromatic nitrogens is 2. The third-order valence-electron chi connectivity index (χ3n) is 2.46. The predicted octanol–water partition coefficient (Wildman–Crippen LogP) is 4.24. The van der Waals surface area contributed by atoms with Gasteiger partial charge in [-0.25, -0.2) is 4.98 Å². The van der Waals surface area contributed by atoms with Gasteiger partial charge in [0.15, 0.2) is 0 Å². The lowest BCUT2D eigenvalue weighted by atomic mass is 10.1. The number of hydrogen-bond donors (Lipinski definition) is 0. The molecule has 0 spiro atoms. The summed E-state index contributed by atoms with van der Waals surface area (Å²) < 4.78 is 1.82. The van der Waals surface area contributed by atoms with Gasteiger partial charge in [-0.2, -0.15) is 0 Å². The van der Waals surface area contributed by atoms with E-state index in [1.54, 1.807) is 36.9 Å². The molecule has 2 aromatic rings. The molecule has 2 rings (SSSR count). The quantitative estimate of drug-likeness (QED) is 0.469. The second-order valence-corrected chi connectivity index (χ2v) is 4.49. The zero-order valence-corrected chi connectivity index (χ0v) is 10.8. The van der Waals surface area contributed by atoms with Crippen LogP contribution in [0.4, 0.5) is 0 Å². The first-order valence-electron chi connectivity index (χ1n) is 5.15. The van der Waals surface area contributed by atoms with E-state index in [9.17, 15) is 0 Å². The van der Waals surface area contributed by atoms with E-state index in [0.29, 0.717) is 16.6 Å². The number of hydrogen-bond acceptors (Lipinski definition) is 2. The third kappa shape index (κ3) is 2.96. The van der Waals surface area contributed by atoms with Gasteiger partial charge in [-0.05, 0) is 23.2 Å². The monoisotopic (exact) mass is 281 g/mol. The maximum Gasteiger partial charge on any atom is 0.0946 e. The van der Waals surface area contributed by atoms with Gasteiger partial charge in [0.1, 0.15) is 0 Å². The summed E-state index contributed by atoms with van der Waals surface area (Å²) in [6, 6.07) is 4.72. The Hall–Kier alpha value is -1.68. The van der Waals surface area contributed by atoms with Crippen LogP contribution in [0.3, 0.4) is 0 Å². The molecule has 0 aliphatic heterocycles. The van der Waals surface area contributed by atoms with Crippen molar-refractivity contribution in [3.05, 3.63) is 63.0 Å². The summed E-state index contributed by atoms with van der Waals surface area (Å²) in [5.74, 6) is 0. The lowest BCUT2D eigenvalue weighted by Gasteiger charge is -2.14. The second-order valence-electron chi connectivity index (χ2n) is 3.65. The van der Waals surface area contributed by atoms with Crippen LogP contribution in [-0.2, 0) is 6.54 Å². The van der Waals surface area contributed by atoms with E-state index >= 15 is 0 Å². The summed E-state index contributed by atoms with van der Waals surface area (Å²) in [5.41, 5.74) is 9.38. The fraction of sp³-hybridized carbons (Fsp3) is 0.182. The average molecular weight is 282 g/mol. The maximum atomic E-state index is 8.64. The van der Waals surface area contributed by atoms with Crippen molar-refractivity contribution < 1.29 is 0 Å². The van der Waals surface area contributed by atoms with Crippen molar-refractivity contribution in [2.24, 2.45) is 5.11 Å². The summed E-state index contributed by atoms with van der Waals surface area (Å²) >= 11 is 11.9. The summed E-state index contributed by atoms with van der Waals surface area (Å²) in [6.07, 6.45) is 5.12. The van der Waals surface area contributed by atoms with Gasteiger partial charge >= 0.3 is 0 Å². The standard InChI is InChI=1S/C11H9Cl2N5/c12-8-1-2-9(10(13)5-8)11(16-17-14)6-18-4-3-15-7-18/h1-5,7,11H,6H2. The van der Waals surface area contributed by atoms with Gasteiger partial charge in [0.2, 0.25) is 0 Å². The number of benzene rings is 1. The van der Waals surface area contributed by atoms with Crippen LogP contribution in [0.2, 0.25) is 10.0 Å². The number of nitrogens with zero attached hydrogens (tertiary/aromatic N) is 5. The van der Waals surface area contributed by atoms with E-state index in [0.717, 1.165) is 5.56 Å². The van der Waals surface area contributed by atoms with Crippen LogP contribution >= 0.6 is 23.2 Å². The molecule has 5 nitrogen and oxygen atoms in total. The number of imidazole rings is 1. The van der Waals surface area contributed by atoms with Crippen LogP contribution in [0, 0.1) is 0 Å². The highest BCUT2D eigenvalue weighted by molar-refractivity contribution is 6.35. The van der Waals surface area contributed by atoms with Gasteiger partial charge in [-0.3, -0.25) is 0 Å². The fourth-order valence-electron chi connectivity index (χ4n) is 1.63. The number of rotatable bonds is 4. The smallest absolute Gasteiger partial charge is 0.0946 e. The van der Waals surface area contributed by atoms with Crippen molar-refractivity contribution in [1.82, 2.24) is 9.55 Å². The van der Waals surface area contributed by atoms with Crippen molar-refractivity contribution in [3.8, 4) is 0 Å². The average Bonchev–Trinajstić information content (AvgIpc) is 2.81. The van der Waals surface area contributed by atoms with Crippen LogP contribution < -0.4 is 0 Å². The molecule has 7 heteroatoms. The largest absolute Gasteiger partial charge is 0.337 e. The molecule has 0 saturated heterocycles. The van der Waals surface area contributed by atoms with Crippen LogP contribution in [0.15, 0.2) is 42.0 Å². The molecule has 1 aromatic heterocycles. The molecule has 1 heterocycles. The molecule has 1 unspecified atom stereocenters. The summed E-state index contributed by atoms with van der Waals surface area (Å²) in [5, 5.41) is 4.80. The van der Waals surface area contributed by atoms with E-state index < -0.39 is 6.04 Å². The Morgan fingerprint density at radius 1 is 1.44 bits per heavy atom.